The Balaban J connectivity index is 2.44. The van der Waals surface area contributed by atoms with E-state index in [1.54, 1.807) is 6.92 Å². The Morgan fingerprint density at radius 1 is 1.35 bits per heavy atom. The summed E-state index contributed by atoms with van der Waals surface area (Å²) in [6.07, 6.45) is 0. The number of rotatable bonds is 4. The third kappa shape index (κ3) is 2.81. The van der Waals surface area contributed by atoms with Crippen molar-refractivity contribution in [3.8, 4) is 0 Å². The molecule has 1 aromatic carbocycles. The van der Waals surface area contributed by atoms with Crippen LogP contribution in [0.25, 0.3) is 0 Å². The van der Waals surface area contributed by atoms with Gasteiger partial charge in [-0.25, -0.2) is 17.6 Å². The Kier molecular flexibility index (Phi) is 3.78. The molecular weight excluding hydrogens is 305 g/mol. The first kappa shape index (κ1) is 14.5. The fourth-order valence-corrected chi connectivity index (χ4v) is 3.56. The van der Waals surface area contributed by atoms with E-state index in [9.17, 15) is 17.6 Å². The Morgan fingerprint density at radius 3 is 2.70 bits per heavy atom. The van der Waals surface area contributed by atoms with E-state index >= 15 is 0 Å². The molecule has 0 unspecified atom stereocenters. The van der Waals surface area contributed by atoms with Crippen LogP contribution in [0.2, 0.25) is 0 Å². The van der Waals surface area contributed by atoms with Gasteiger partial charge in [0.05, 0.1) is 5.69 Å². The van der Waals surface area contributed by atoms with Crippen LogP contribution in [0.1, 0.15) is 15.2 Å². The Bertz CT molecular complexity index is 768. The Morgan fingerprint density at radius 2 is 2.05 bits per heavy atom. The molecule has 2 rings (SSSR count). The molecule has 0 saturated heterocycles. The van der Waals surface area contributed by atoms with Gasteiger partial charge in [-0.05, 0) is 36.1 Å². The summed E-state index contributed by atoms with van der Waals surface area (Å²) >= 11 is 0.881. The van der Waals surface area contributed by atoms with E-state index in [0.29, 0.717) is 5.56 Å². The monoisotopic (exact) mass is 315 g/mol. The highest BCUT2D eigenvalue weighted by molar-refractivity contribution is 7.92. The summed E-state index contributed by atoms with van der Waals surface area (Å²) in [5, 5.41) is 10.4. The topological polar surface area (TPSA) is 83.5 Å². The van der Waals surface area contributed by atoms with Crippen LogP contribution in [0.4, 0.5) is 10.1 Å². The molecular formula is C12H10FNO4S2. The van der Waals surface area contributed by atoms with Gasteiger partial charge in [-0.3, -0.25) is 4.72 Å². The molecule has 1 aromatic heterocycles. The summed E-state index contributed by atoms with van der Waals surface area (Å²) in [5.74, 6) is -2.14. The quantitative estimate of drug-likeness (QED) is 0.908. The molecule has 0 saturated carbocycles. The van der Waals surface area contributed by atoms with E-state index in [-0.39, 0.29) is 10.6 Å². The molecule has 8 heteroatoms. The maximum atomic E-state index is 13.6. The highest BCUT2D eigenvalue weighted by atomic mass is 32.2. The number of thiophene rings is 1. The summed E-state index contributed by atoms with van der Waals surface area (Å²) in [6, 6.07) is 5.00. The second-order valence-electron chi connectivity index (χ2n) is 4.01. The van der Waals surface area contributed by atoms with Crippen LogP contribution < -0.4 is 4.72 Å². The van der Waals surface area contributed by atoms with Gasteiger partial charge in [-0.1, -0.05) is 6.07 Å². The minimum Gasteiger partial charge on any atom is -0.477 e. The van der Waals surface area contributed by atoms with Crippen molar-refractivity contribution in [2.75, 3.05) is 4.72 Å². The van der Waals surface area contributed by atoms with E-state index in [1.165, 1.54) is 23.6 Å². The summed E-state index contributed by atoms with van der Waals surface area (Å²) in [4.78, 5) is 10.3. The van der Waals surface area contributed by atoms with Crippen LogP contribution in [0.3, 0.4) is 0 Å². The lowest BCUT2D eigenvalue weighted by Crippen LogP contribution is -2.16. The van der Waals surface area contributed by atoms with Gasteiger partial charge in [-0.2, -0.15) is 0 Å². The van der Waals surface area contributed by atoms with Gasteiger partial charge in [0.2, 0.25) is 0 Å². The Labute approximate surface area is 118 Å². The molecule has 0 amide bonds. The van der Waals surface area contributed by atoms with Gasteiger partial charge in [0.25, 0.3) is 10.0 Å². The van der Waals surface area contributed by atoms with E-state index in [4.69, 9.17) is 5.11 Å². The number of aromatic carboxylic acids is 1. The second kappa shape index (κ2) is 5.22. The first-order valence-electron chi connectivity index (χ1n) is 5.41. The molecule has 1 heterocycles. The number of anilines is 1. The van der Waals surface area contributed by atoms with Crippen LogP contribution in [-0.4, -0.2) is 19.5 Å². The van der Waals surface area contributed by atoms with E-state index in [2.05, 4.69) is 4.72 Å². The normalized spacial score (nSPS) is 11.3. The van der Waals surface area contributed by atoms with Crippen molar-refractivity contribution in [1.82, 2.24) is 0 Å². The second-order valence-corrected chi connectivity index (χ2v) is 6.57. The lowest BCUT2D eigenvalue weighted by atomic mass is 10.2. The number of benzene rings is 1. The smallest absolute Gasteiger partial charge is 0.348 e. The number of halogens is 1. The van der Waals surface area contributed by atoms with Crippen LogP contribution in [0, 0.1) is 12.7 Å². The molecule has 0 spiro atoms. The molecule has 0 fully saturated rings. The molecule has 2 N–H and O–H groups in total. The maximum absolute atomic E-state index is 13.6. The van der Waals surface area contributed by atoms with Gasteiger partial charge in [0.15, 0.2) is 0 Å². The third-order valence-corrected chi connectivity index (χ3v) is 4.76. The molecule has 106 valence electrons. The molecule has 2 aromatic rings. The number of carboxylic acids is 1. The largest absolute Gasteiger partial charge is 0.477 e. The molecule has 0 atom stereocenters. The molecule has 0 aliphatic heterocycles. The van der Waals surface area contributed by atoms with Gasteiger partial charge < -0.3 is 5.11 Å². The van der Waals surface area contributed by atoms with Crippen LogP contribution >= 0.6 is 11.3 Å². The lowest BCUT2D eigenvalue weighted by molar-refractivity contribution is 0.0703. The van der Waals surface area contributed by atoms with E-state index in [1.807, 2.05) is 0 Å². The molecule has 20 heavy (non-hydrogen) atoms. The fraction of sp³-hybridized carbons (Fsp3) is 0.0833. The third-order valence-electron chi connectivity index (χ3n) is 2.48. The van der Waals surface area contributed by atoms with Crippen molar-refractivity contribution in [2.45, 2.75) is 11.8 Å². The Hall–Kier alpha value is -1.93. The fourth-order valence-electron chi connectivity index (χ4n) is 1.57. The van der Waals surface area contributed by atoms with E-state index in [0.717, 1.165) is 17.4 Å². The average molecular weight is 315 g/mol. The zero-order valence-corrected chi connectivity index (χ0v) is 11.9. The minimum absolute atomic E-state index is 0.0802. The molecule has 0 aliphatic carbocycles. The lowest BCUT2D eigenvalue weighted by Gasteiger charge is -2.09. The highest BCUT2D eigenvalue weighted by Gasteiger charge is 2.22. The van der Waals surface area contributed by atoms with Gasteiger partial charge in [0, 0.05) is 0 Å². The first-order valence-corrected chi connectivity index (χ1v) is 7.77. The van der Waals surface area contributed by atoms with Crippen molar-refractivity contribution in [1.29, 1.82) is 0 Å². The predicted octanol–water partition coefficient (Wildman–Crippen LogP) is 2.69. The van der Waals surface area contributed by atoms with Crippen molar-refractivity contribution in [3.63, 3.8) is 0 Å². The molecule has 0 bridgehead atoms. The zero-order valence-electron chi connectivity index (χ0n) is 10.3. The van der Waals surface area contributed by atoms with Crippen LogP contribution in [0.5, 0.6) is 0 Å². The predicted molar refractivity (Wildman–Crippen MR) is 73.2 cm³/mol. The molecule has 5 nitrogen and oxygen atoms in total. The van der Waals surface area contributed by atoms with Crippen molar-refractivity contribution in [2.24, 2.45) is 0 Å². The van der Waals surface area contributed by atoms with Gasteiger partial charge in [0.1, 0.15) is 15.6 Å². The van der Waals surface area contributed by atoms with E-state index < -0.39 is 26.7 Å². The minimum atomic E-state index is -4.17. The number of carbonyl (C=O) groups is 1. The highest BCUT2D eigenvalue weighted by Crippen LogP contribution is 2.26. The number of carboxylic acid groups (broad SMARTS) is 1. The van der Waals surface area contributed by atoms with Crippen molar-refractivity contribution < 1.29 is 22.7 Å². The standard InChI is InChI=1S/C12H10FNO4S2/c1-7-2-3-8(13)10(6-7)20(17,18)14-9-4-5-19-11(9)12(15)16/h2-6,14H,1H3,(H,15,16). The van der Waals surface area contributed by atoms with Crippen LogP contribution in [0.15, 0.2) is 34.5 Å². The van der Waals surface area contributed by atoms with Crippen molar-refractivity contribution in [3.05, 3.63) is 45.9 Å². The van der Waals surface area contributed by atoms with Gasteiger partial charge in [-0.15, -0.1) is 11.3 Å². The zero-order chi connectivity index (χ0) is 14.9. The number of hydrogen-bond donors (Lipinski definition) is 2. The van der Waals surface area contributed by atoms with Gasteiger partial charge >= 0.3 is 5.97 Å². The average Bonchev–Trinajstić information content (AvgIpc) is 2.79. The molecule has 0 aliphatic rings. The first-order chi connectivity index (χ1) is 9.31. The number of hydrogen-bond acceptors (Lipinski definition) is 4. The summed E-state index contributed by atoms with van der Waals surface area (Å²) in [5.41, 5.74) is 0.499. The number of sulfonamides is 1. The van der Waals surface area contributed by atoms with Crippen molar-refractivity contribution >= 4 is 33.0 Å². The summed E-state index contributed by atoms with van der Waals surface area (Å²) < 4.78 is 39.9. The SMILES string of the molecule is Cc1ccc(F)c(S(=O)(=O)Nc2ccsc2C(=O)O)c1. The summed E-state index contributed by atoms with van der Waals surface area (Å²) in [7, 11) is -4.17. The summed E-state index contributed by atoms with van der Waals surface area (Å²) in [6.45, 7) is 1.63. The molecule has 0 radical (unpaired) electrons. The maximum Gasteiger partial charge on any atom is 0.348 e. The number of nitrogens with one attached hydrogen (secondary N) is 1. The number of aryl methyl sites for hydroxylation is 1. The van der Waals surface area contributed by atoms with Crippen LogP contribution in [-0.2, 0) is 10.0 Å².